The first-order valence-corrected chi connectivity index (χ1v) is 6.60. The highest BCUT2D eigenvalue weighted by molar-refractivity contribution is 5.98. The van der Waals surface area contributed by atoms with Crippen LogP contribution in [0.2, 0.25) is 0 Å². The molecule has 5 nitrogen and oxygen atoms in total. The summed E-state index contributed by atoms with van der Waals surface area (Å²) in [6, 6.07) is 6.76. The Kier molecular flexibility index (Phi) is 5.55. The Morgan fingerprint density at radius 2 is 1.80 bits per heavy atom. The van der Waals surface area contributed by atoms with Gasteiger partial charge < -0.3 is 14.8 Å². The second-order valence-electron chi connectivity index (χ2n) is 4.59. The van der Waals surface area contributed by atoms with E-state index in [1.54, 1.807) is 31.2 Å². The molecule has 0 spiro atoms. The van der Waals surface area contributed by atoms with Crippen LogP contribution in [0.1, 0.15) is 37.6 Å². The summed E-state index contributed by atoms with van der Waals surface area (Å²) in [5, 5.41) is 2.71. The van der Waals surface area contributed by atoms with Crippen molar-refractivity contribution in [3.05, 3.63) is 29.8 Å². The zero-order valence-corrected chi connectivity index (χ0v) is 12.4. The average molecular weight is 279 g/mol. The van der Waals surface area contributed by atoms with E-state index in [-0.39, 0.29) is 5.91 Å². The first kappa shape index (κ1) is 16.0. The van der Waals surface area contributed by atoms with Crippen LogP contribution in [0.15, 0.2) is 24.3 Å². The minimum absolute atomic E-state index is 0.317. The van der Waals surface area contributed by atoms with Gasteiger partial charge in [-0.3, -0.25) is 4.79 Å². The van der Waals surface area contributed by atoms with Gasteiger partial charge >= 0.3 is 5.97 Å². The Balaban J connectivity index is 2.82. The van der Waals surface area contributed by atoms with E-state index >= 15 is 0 Å². The molecule has 1 amide bonds. The highest BCUT2D eigenvalue weighted by Gasteiger charge is 2.34. The van der Waals surface area contributed by atoms with Crippen LogP contribution < -0.4 is 10.1 Å². The molecular weight excluding hydrogens is 258 g/mol. The van der Waals surface area contributed by atoms with Crippen molar-refractivity contribution >= 4 is 11.9 Å². The molecule has 0 bridgehead atoms. The molecular formula is C15H21NO4. The van der Waals surface area contributed by atoms with Crippen LogP contribution in [0.3, 0.4) is 0 Å². The lowest BCUT2D eigenvalue weighted by atomic mass is 9.98. The summed E-state index contributed by atoms with van der Waals surface area (Å²) in [4.78, 5) is 23.9. The SMILES string of the molecule is CCOc1ccc(C(=O)N[C@@](C)(CC)C(=O)OC)cc1. The van der Waals surface area contributed by atoms with Crippen molar-refractivity contribution in [3.63, 3.8) is 0 Å². The smallest absolute Gasteiger partial charge is 0.331 e. The van der Waals surface area contributed by atoms with Crippen molar-refractivity contribution in [2.75, 3.05) is 13.7 Å². The molecule has 0 fully saturated rings. The van der Waals surface area contributed by atoms with Crippen LogP contribution in [0.25, 0.3) is 0 Å². The number of methoxy groups -OCH3 is 1. The van der Waals surface area contributed by atoms with Gasteiger partial charge in [-0.05, 0) is 44.5 Å². The molecule has 0 heterocycles. The maximum atomic E-state index is 12.1. The van der Waals surface area contributed by atoms with E-state index < -0.39 is 11.5 Å². The van der Waals surface area contributed by atoms with E-state index in [2.05, 4.69) is 5.32 Å². The van der Waals surface area contributed by atoms with E-state index in [0.717, 1.165) is 0 Å². The monoisotopic (exact) mass is 279 g/mol. The lowest BCUT2D eigenvalue weighted by Gasteiger charge is -2.26. The summed E-state index contributed by atoms with van der Waals surface area (Å²) in [6.45, 7) is 5.92. The van der Waals surface area contributed by atoms with Gasteiger partial charge in [-0.2, -0.15) is 0 Å². The zero-order chi connectivity index (χ0) is 15.2. The summed E-state index contributed by atoms with van der Waals surface area (Å²) < 4.78 is 10.0. The molecule has 0 aliphatic rings. The van der Waals surface area contributed by atoms with E-state index in [9.17, 15) is 9.59 Å². The highest BCUT2D eigenvalue weighted by atomic mass is 16.5. The Labute approximate surface area is 119 Å². The minimum atomic E-state index is -1.02. The fraction of sp³-hybridized carbons (Fsp3) is 0.467. The predicted octanol–water partition coefficient (Wildman–Crippen LogP) is 2.16. The molecule has 0 saturated heterocycles. The van der Waals surface area contributed by atoms with Gasteiger partial charge in [0.25, 0.3) is 5.91 Å². The zero-order valence-electron chi connectivity index (χ0n) is 12.4. The van der Waals surface area contributed by atoms with Crippen molar-refractivity contribution < 1.29 is 19.1 Å². The second-order valence-corrected chi connectivity index (χ2v) is 4.59. The maximum absolute atomic E-state index is 12.1. The molecule has 20 heavy (non-hydrogen) atoms. The van der Waals surface area contributed by atoms with E-state index in [4.69, 9.17) is 9.47 Å². The van der Waals surface area contributed by atoms with E-state index in [0.29, 0.717) is 24.3 Å². The molecule has 0 aliphatic heterocycles. The predicted molar refractivity (Wildman–Crippen MR) is 75.8 cm³/mol. The first-order chi connectivity index (χ1) is 9.46. The normalized spacial score (nSPS) is 13.2. The Morgan fingerprint density at radius 1 is 1.20 bits per heavy atom. The largest absolute Gasteiger partial charge is 0.494 e. The maximum Gasteiger partial charge on any atom is 0.331 e. The van der Waals surface area contributed by atoms with Crippen LogP contribution in [-0.2, 0) is 9.53 Å². The number of esters is 1. The molecule has 5 heteroatoms. The number of hydrogen-bond donors (Lipinski definition) is 1. The molecule has 1 aromatic rings. The van der Waals surface area contributed by atoms with Crippen LogP contribution >= 0.6 is 0 Å². The number of carbonyl (C=O) groups excluding carboxylic acids is 2. The molecule has 110 valence electrons. The topological polar surface area (TPSA) is 64.6 Å². The van der Waals surface area contributed by atoms with E-state index in [1.165, 1.54) is 7.11 Å². The quantitative estimate of drug-likeness (QED) is 0.810. The number of rotatable bonds is 6. The van der Waals surface area contributed by atoms with Gasteiger partial charge in [0.05, 0.1) is 13.7 Å². The minimum Gasteiger partial charge on any atom is -0.494 e. The summed E-state index contributed by atoms with van der Waals surface area (Å²) >= 11 is 0. The number of carbonyl (C=O) groups is 2. The summed E-state index contributed by atoms with van der Waals surface area (Å²) in [5.41, 5.74) is -0.554. The Hall–Kier alpha value is -2.04. The molecule has 1 rings (SSSR count). The van der Waals surface area contributed by atoms with Gasteiger partial charge in [0.15, 0.2) is 0 Å². The summed E-state index contributed by atoms with van der Waals surface area (Å²) in [5.74, 6) is -0.0719. The number of nitrogens with one attached hydrogen (secondary N) is 1. The molecule has 0 unspecified atom stereocenters. The highest BCUT2D eigenvalue weighted by Crippen LogP contribution is 2.15. The van der Waals surface area contributed by atoms with Crippen LogP contribution in [0.4, 0.5) is 0 Å². The number of amides is 1. The summed E-state index contributed by atoms with van der Waals surface area (Å²) in [7, 11) is 1.30. The molecule has 1 N–H and O–H groups in total. The van der Waals surface area contributed by atoms with Crippen molar-refractivity contribution in [1.82, 2.24) is 5.32 Å². The van der Waals surface area contributed by atoms with Gasteiger partial charge in [-0.1, -0.05) is 6.92 Å². The molecule has 0 aliphatic carbocycles. The molecule has 1 atom stereocenters. The van der Waals surface area contributed by atoms with Crippen LogP contribution in [0, 0.1) is 0 Å². The third-order valence-corrected chi connectivity index (χ3v) is 3.16. The number of benzene rings is 1. The second kappa shape index (κ2) is 6.93. The van der Waals surface area contributed by atoms with Gasteiger partial charge in [0.1, 0.15) is 11.3 Å². The molecule has 0 radical (unpaired) electrons. The van der Waals surface area contributed by atoms with Crippen molar-refractivity contribution in [2.24, 2.45) is 0 Å². The standard InChI is InChI=1S/C15H21NO4/c1-5-15(3,14(18)19-4)16-13(17)11-7-9-12(10-8-11)20-6-2/h7-10H,5-6H2,1-4H3,(H,16,17)/t15-/m0/s1. The third kappa shape index (κ3) is 3.73. The van der Waals surface area contributed by atoms with E-state index in [1.807, 2.05) is 13.8 Å². The van der Waals surface area contributed by atoms with Gasteiger partial charge in [-0.15, -0.1) is 0 Å². The molecule has 0 aromatic heterocycles. The van der Waals surface area contributed by atoms with Gasteiger partial charge in [-0.25, -0.2) is 4.79 Å². The fourth-order valence-corrected chi connectivity index (χ4v) is 1.70. The molecule has 1 aromatic carbocycles. The van der Waals surface area contributed by atoms with Crippen molar-refractivity contribution in [1.29, 1.82) is 0 Å². The van der Waals surface area contributed by atoms with Crippen molar-refractivity contribution in [3.8, 4) is 5.75 Å². The lowest BCUT2D eigenvalue weighted by Crippen LogP contribution is -2.52. The van der Waals surface area contributed by atoms with Gasteiger partial charge in [0, 0.05) is 5.56 Å². The summed E-state index contributed by atoms with van der Waals surface area (Å²) in [6.07, 6.45) is 0.447. The lowest BCUT2D eigenvalue weighted by molar-refractivity contribution is -0.147. The Bertz CT molecular complexity index is 469. The van der Waals surface area contributed by atoms with Crippen LogP contribution in [-0.4, -0.2) is 31.1 Å². The van der Waals surface area contributed by atoms with Gasteiger partial charge in [0.2, 0.25) is 0 Å². The Morgan fingerprint density at radius 3 is 2.25 bits per heavy atom. The first-order valence-electron chi connectivity index (χ1n) is 6.60. The number of hydrogen-bond acceptors (Lipinski definition) is 4. The van der Waals surface area contributed by atoms with Crippen LogP contribution in [0.5, 0.6) is 5.75 Å². The van der Waals surface area contributed by atoms with Crippen molar-refractivity contribution in [2.45, 2.75) is 32.7 Å². The average Bonchev–Trinajstić information content (AvgIpc) is 2.47. The fourth-order valence-electron chi connectivity index (χ4n) is 1.70. The molecule has 0 saturated carbocycles. The third-order valence-electron chi connectivity index (χ3n) is 3.16. The number of ether oxygens (including phenoxy) is 2.